The maximum Gasteiger partial charge on any atom is 0.321 e. The molecule has 1 aromatic rings. The standard InChI is InChI=1S/C16H20N2O3/c1-11-4-3-7-18(15(11)16(19)20)10-13-8-12(9-17)5-6-14(13)21-2/h5-6,8,11,15H,3-4,7,10H2,1-2H3,(H,19,20). The van der Waals surface area contributed by atoms with Crippen LogP contribution in [-0.4, -0.2) is 35.7 Å². The van der Waals surface area contributed by atoms with Crippen LogP contribution in [0.15, 0.2) is 18.2 Å². The molecule has 1 aromatic carbocycles. The number of nitriles is 1. The van der Waals surface area contributed by atoms with Crippen LogP contribution in [-0.2, 0) is 11.3 Å². The Kier molecular flexibility index (Phi) is 4.81. The topological polar surface area (TPSA) is 73.6 Å². The van der Waals surface area contributed by atoms with E-state index in [0.717, 1.165) is 24.9 Å². The van der Waals surface area contributed by atoms with Crippen molar-refractivity contribution >= 4 is 5.97 Å². The lowest BCUT2D eigenvalue weighted by Crippen LogP contribution is -2.48. The van der Waals surface area contributed by atoms with E-state index < -0.39 is 12.0 Å². The van der Waals surface area contributed by atoms with Crippen molar-refractivity contribution in [2.24, 2.45) is 5.92 Å². The lowest BCUT2D eigenvalue weighted by atomic mass is 9.90. The molecular weight excluding hydrogens is 268 g/mol. The Bertz CT molecular complexity index is 565. The normalized spacial score (nSPS) is 22.5. The molecule has 1 saturated heterocycles. The van der Waals surface area contributed by atoms with Crippen molar-refractivity contribution in [3.8, 4) is 11.8 Å². The fraction of sp³-hybridized carbons (Fsp3) is 0.500. The van der Waals surface area contributed by atoms with E-state index in [2.05, 4.69) is 6.07 Å². The van der Waals surface area contributed by atoms with Crippen molar-refractivity contribution < 1.29 is 14.6 Å². The third-order valence-corrected chi connectivity index (χ3v) is 4.07. The number of nitrogens with zero attached hydrogens (tertiary/aromatic N) is 2. The first-order chi connectivity index (χ1) is 10.1. The summed E-state index contributed by atoms with van der Waals surface area (Å²) >= 11 is 0. The number of methoxy groups -OCH3 is 1. The molecule has 2 rings (SSSR count). The highest BCUT2D eigenvalue weighted by Crippen LogP contribution is 2.28. The minimum atomic E-state index is -0.780. The summed E-state index contributed by atoms with van der Waals surface area (Å²) in [6, 6.07) is 6.87. The van der Waals surface area contributed by atoms with Crippen molar-refractivity contribution in [1.29, 1.82) is 5.26 Å². The van der Waals surface area contributed by atoms with Crippen LogP contribution in [0.1, 0.15) is 30.9 Å². The third-order valence-electron chi connectivity index (χ3n) is 4.07. The first-order valence-corrected chi connectivity index (χ1v) is 7.10. The molecule has 5 nitrogen and oxygen atoms in total. The Morgan fingerprint density at radius 3 is 2.95 bits per heavy atom. The quantitative estimate of drug-likeness (QED) is 0.920. The van der Waals surface area contributed by atoms with Crippen molar-refractivity contribution in [1.82, 2.24) is 4.90 Å². The Labute approximate surface area is 124 Å². The van der Waals surface area contributed by atoms with Crippen LogP contribution in [0, 0.1) is 17.2 Å². The zero-order valence-corrected chi connectivity index (χ0v) is 12.4. The molecule has 21 heavy (non-hydrogen) atoms. The van der Waals surface area contributed by atoms with Crippen LogP contribution in [0.2, 0.25) is 0 Å². The van der Waals surface area contributed by atoms with Gasteiger partial charge >= 0.3 is 5.97 Å². The Hall–Kier alpha value is -2.06. The van der Waals surface area contributed by atoms with Crippen molar-refractivity contribution in [3.05, 3.63) is 29.3 Å². The number of carboxylic acids is 1. The number of hydrogen-bond donors (Lipinski definition) is 1. The molecule has 1 aliphatic rings. The summed E-state index contributed by atoms with van der Waals surface area (Å²) in [4.78, 5) is 13.5. The van der Waals surface area contributed by atoms with Crippen molar-refractivity contribution in [2.45, 2.75) is 32.4 Å². The fourth-order valence-corrected chi connectivity index (χ4v) is 3.04. The van der Waals surface area contributed by atoms with Gasteiger partial charge in [0, 0.05) is 12.1 Å². The van der Waals surface area contributed by atoms with Gasteiger partial charge in [-0.1, -0.05) is 6.92 Å². The van der Waals surface area contributed by atoms with Gasteiger partial charge in [0.15, 0.2) is 0 Å². The SMILES string of the molecule is COc1ccc(C#N)cc1CN1CCCC(C)C1C(=O)O. The molecular formula is C16H20N2O3. The van der Waals surface area contributed by atoms with E-state index >= 15 is 0 Å². The van der Waals surface area contributed by atoms with E-state index in [4.69, 9.17) is 10.00 Å². The first-order valence-electron chi connectivity index (χ1n) is 7.10. The van der Waals surface area contributed by atoms with E-state index in [0.29, 0.717) is 17.9 Å². The molecule has 0 amide bonds. The molecule has 1 heterocycles. The Morgan fingerprint density at radius 1 is 1.57 bits per heavy atom. The van der Waals surface area contributed by atoms with Crippen molar-refractivity contribution in [3.63, 3.8) is 0 Å². The van der Waals surface area contributed by atoms with Gasteiger partial charge in [-0.05, 0) is 43.5 Å². The van der Waals surface area contributed by atoms with Crippen LogP contribution in [0.4, 0.5) is 0 Å². The lowest BCUT2D eigenvalue weighted by Gasteiger charge is -2.37. The van der Waals surface area contributed by atoms with Crippen LogP contribution < -0.4 is 4.74 Å². The highest BCUT2D eigenvalue weighted by molar-refractivity contribution is 5.74. The van der Waals surface area contributed by atoms with Crippen LogP contribution >= 0.6 is 0 Å². The molecule has 0 aliphatic carbocycles. The van der Waals surface area contributed by atoms with Gasteiger partial charge < -0.3 is 9.84 Å². The highest BCUT2D eigenvalue weighted by atomic mass is 16.5. The minimum absolute atomic E-state index is 0.126. The second kappa shape index (κ2) is 6.59. The molecule has 1 aliphatic heterocycles. The summed E-state index contributed by atoms with van der Waals surface area (Å²) in [5.74, 6) is 0.0374. The number of carbonyl (C=O) groups is 1. The molecule has 1 fully saturated rings. The van der Waals surface area contributed by atoms with E-state index in [1.54, 1.807) is 25.3 Å². The molecule has 112 valence electrons. The first kappa shape index (κ1) is 15.3. The molecule has 0 saturated carbocycles. The van der Waals surface area contributed by atoms with Gasteiger partial charge in [-0.15, -0.1) is 0 Å². The van der Waals surface area contributed by atoms with Gasteiger partial charge in [0.1, 0.15) is 11.8 Å². The molecule has 0 aromatic heterocycles. The summed E-state index contributed by atoms with van der Waals surface area (Å²) in [6.45, 7) is 3.22. The van der Waals surface area contributed by atoms with E-state index in [-0.39, 0.29) is 5.92 Å². The van der Waals surface area contributed by atoms with Gasteiger partial charge in [0.25, 0.3) is 0 Å². The average Bonchev–Trinajstić information content (AvgIpc) is 2.46. The third kappa shape index (κ3) is 3.34. The predicted octanol–water partition coefficient (Wildman–Crippen LogP) is 2.25. The second-order valence-corrected chi connectivity index (χ2v) is 5.51. The predicted molar refractivity (Wildman–Crippen MR) is 77.9 cm³/mol. The van der Waals surface area contributed by atoms with Crippen LogP contribution in [0.5, 0.6) is 5.75 Å². The van der Waals surface area contributed by atoms with Crippen LogP contribution in [0.25, 0.3) is 0 Å². The van der Waals surface area contributed by atoms with Crippen LogP contribution in [0.3, 0.4) is 0 Å². The molecule has 0 spiro atoms. The van der Waals surface area contributed by atoms with Gasteiger partial charge in [-0.25, -0.2) is 0 Å². The summed E-state index contributed by atoms with van der Waals surface area (Å²) < 4.78 is 5.33. The fourth-order valence-electron chi connectivity index (χ4n) is 3.04. The lowest BCUT2D eigenvalue weighted by molar-refractivity contribution is -0.147. The molecule has 1 N–H and O–H groups in total. The molecule has 0 radical (unpaired) electrons. The highest BCUT2D eigenvalue weighted by Gasteiger charge is 2.34. The summed E-state index contributed by atoms with van der Waals surface area (Å²) in [5.41, 5.74) is 1.42. The van der Waals surface area contributed by atoms with Gasteiger partial charge in [0.05, 0.1) is 18.7 Å². The Balaban J connectivity index is 2.27. The summed E-state index contributed by atoms with van der Waals surface area (Å²) in [7, 11) is 1.58. The number of benzene rings is 1. The van der Waals surface area contributed by atoms with E-state index in [1.165, 1.54) is 0 Å². The average molecular weight is 288 g/mol. The Morgan fingerprint density at radius 2 is 2.33 bits per heavy atom. The number of carboxylic acid groups (broad SMARTS) is 1. The van der Waals surface area contributed by atoms with Gasteiger partial charge in [0.2, 0.25) is 0 Å². The number of aliphatic carboxylic acids is 1. The number of rotatable bonds is 4. The summed E-state index contributed by atoms with van der Waals surface area (Å²) in [6.07, 6.45) is 1.92. The van der Waals surface area contributed by atoms with Gasteiger partial charge in [-0.3, -0.25) is 9.69 Å². The second-order valence-electron chi connectivity index (χ2n) is 5.51. The summed E-state index contributed by atoms with van der Waals surface area (Å²) in [5, 5.41) is 18.5. The zero-order valence-electron chi connectivity index (χ0n) is 12.4. The van der Waals surface area contributed by atoms with E-state index in [1.807, 2.05) is 11.8 Å². The molecule has 2 unspecified atom stereocenters. The number of hydrogen-bond acceptors (Lipinski definition) is 4. The maximum atomic E-state index is 11.5. The van der Waals surface area contributed by atoms with Gasteiger partial charge in [-0.2, -0.15) is 5.26 Å². The number of likely N-dealkylation sites (tertiary alicyclic amines) is 1. The number of piperidine rings is 1. The molecule has 2 atom stereocenters. The molecule has 5 heteroatoms. The van der Waals surface area contributed by atoms with Crippen molar-refractivity contribution in [2.75, 3.05) is 13.7 Å². The zero-order chi connectivity index (χ0) is 15.4. The van der Waals surface area contributed by atoms with E-state index in [9.17, 15) is 9.90 Å². The smallest absolute Gasteiger partial charge is 0.321 e. The molecule has 0 bridgehead atoms. The minimum Gasteiger partial charge on any atom is -0.496 e. The maximum absolute atomic E-state index is 11.5. The number of ether oxygens (including phenoxy) is 1. The largest absolute Gasteiger partial charge is 0.496 e. The monoisotopic (exact) mass is 288 g/mol.